The fourth-order valence-corrected chi connectivity index (χ4v) is 2.16. The van der Waals surface area contributed by atoms with Crippen LogP contribution in [0.25, 0.3) is 0 Å². The Balaban J connectivity index is 2.08. The van der Waals surface area contributed by atoms with Gasteiger partial charge in [-0.05, 0) is 58.2 Å². The second kappa shape index (κ2) is 6.05. The van der Waals surface area contributed by atoms with Crippen molar-refractivity contribution in [3.8, 4) is 0 Å². The number of hydrogen-bond acceptors (Lipinski definition) is 3. The van der Waals surface area contributed by atoms with Gasteiger partial charge in [-0.2, -0.15) is 0 Å². The van der Waals surface area contributed by atoms with E-state index in [4.69, 9.17) is 10.5 Å². The molecule has 0 amide bonds. The predicted octanol–water partition coefficient (Wildman–Crippen LogP) is 3.84. The molecule has 0 bridgehead atoms. The van der Waals surface area contributed by atoms with E-state index < -0.39 is 5.97 Å². The lowest BCUT2D eigenvalue weighted by atomic mass is 10.1. The lowest BCUT2D eigenvalue weighted by Gasteiger charge is -2.09. The van der Waals surface area contributed by atoms with E-state index in [1.807, 2.05) is 0 Å². The molecule has 0 aromatic heterocycles. The number of carbonyl (C=O) groups excluding carboxylic acids is 1. The highest BCUT2D eigenvalue weighted by atomic mass is 79.9. The van der Waals surface area contributed by atoms with Crippen molar-refractivity contribution in [2.24, 2.45) is 0 Å². The molecule has 0 aliphatic carbocycles. The number of rotatable bonds is 3. The summed E-state index contributed by atoms with van der Waals surface area (Å²) in [7, 11) is 0. The van der Waals surface area contributed by atoms with E-state index in [0.717, 1.165) is 0 Å². The molecule has 0 radical (unpaired) electrons. The molecule has 0 fully saturated rings. The Morgan fingerprint density at radius 1 is 1.35 bits per heavy atom. The van der Waals surface area contributed by atoms with Crippen molar-refractivity contribution in [2.45, 2.75) is 13.5 Å². The van der Waals surface area contributed by atoms with Gasteiger partial charge in [-0.15, -0.1) is 0 Å². The largest absolute Gasteiger partial charge is 0.457 e. The molecule has 0 aliphatic heterocycles. The molecule has 104 valence electrons. The lowest BCUT2D eigenvalue weighted by molar-refractivity contribution is 0.0472. The normalized spacial score (nSPS) is 10.3. The summed E-state index contributed by atoms with van der Waals surface area (Å²) < 4.78 is 18.6. The molecule has 20 heavy (non-hydrogen) atoms. The Hall–Kier alpha value is -1.88. The molecule has 2 aromatic rings. The third kappa shape index (κ3) is 3.17. The van der Waals surface area contributed by atoms with Gasteiger partial charge < -0.3 is 10.5 Å². The van der Waals surface area contributed by atoms with Crippen LogP contribution in [0.4, 0.5) is 10.1 Å². The molecular formula is C15H13BrFNO2. The van der Waals surface area contributed by atoms with Gasteiger partial charge in [-0.1, -0.05) is 12.1 Å². The highest BCUT2D eigenvalue weighted by Crippen LogP contribution is 2.19. The van der Waals surface area contributed by atoms with Crippen LogP contribution in [-0.2, 0) is 11.3 Å². The zero-order valence-electron chi connectivity index (χ0n) is 10.8. The molecule has 0 unspecified atom stereocenters. The highest BCUT2D eigenvalue weighted by Gasteiger charge is 2.12. The first-order chi connectivity index (χ1) is 9.49. The van der Waals surface area contributed by atoms with Gasteiger partial charge >= 0.3 is 5.97 Å². The number of nitrogen functional groups attached to an aromatic ring is 1. The van der Waals surface area contributed by atoms with E-state index in [1.54, 1.807) is 37.3 Å². The Kier molecular flexibility index (Phi) is 4.39. The van der Waals surface area contributed by atoms with Crippen molar-refractivity contribution in [2.75, 3.05) is 5.73 Å². The number of hydrogen-bond donors (Lipinski definition) is 1. The molecule has 2 rings (SSSR count). The van der Waals surface area contributed by atoms with E-state index >= 15 is 0 Å². The van der Waals surface area contributed by atoms with Crippen LogP contribution in [0.3, 0.4) is 0 Å². The maximum absolute atomic E-state index is 13.1. The number of ether oxygens (including phenoxy) is 1. The molecule has 2 aromatic carbocycles. The summed E-state index contributed by atoms with van der Waals surface area (Å²) >= 11 is 3.09. The molecule has 0 saturated heterocycles. The quantitative estimate of drug-likeness (QED) is 0.683. The molecular weight excluding hydrogens is 325 g/mol. The summed E-state index contributed by atoms with van der Waals surface area (Å²) in [5.74, 6) is -0.804. The Morgan fingerprint density at radius 3 is 2.80 bits per heavy atom. The predicted molar refractivity (Wildman–Crippen MR) is 78.8 cm³/mol. The molecule has 0 spiro atoms. The fraction of sp³-hybridized carbons (Fsp3) is 0.133. The number of anilines is 1. The summed E-state index contributed by atoms with van der Waals surface area (Å²) in [6.45, 7) is 1.84. The Morgan fingerprint density at radius 2 is 2.10 bits per heavy atom. The Bertz CT molecular complexity index is 658. The highest BCUT2D eigenvalue weighted by molar-refractivity contribution is 9.10. The molecule has 0 atom stereocenters. The van der Waals surface area contributed by atoms with Crippen molar-refractivity contribution in [3.63, 3.8) is 0 Å². The minimum absolute atomic E-state index is 0.0753. The molecule has 2 N–H and O–H groups in total. The van der Waals surface area contributed by atoms with Crippen LogP contribution in [0.1, 0.15) is 21.5 Å². The first-order valence-corrected chi connectivity index (χ1v) is 6.74. The molecule has 3 nitrogen and oxygen atoms in total. The smallest absolute Gasteiger partial charge is 0.338 e. The van der Waals surface area contributed by atoms with Crippen LogP contribution in [0.5, 0.6) is 0 Å². The van der Waals surface area contributed by atoms with Gasteiger partial charge in [0.05, 0.1) is 10.0 Å². The number of benzene rings is 2. The van der Waals surface area contributed by atoms with Crippen molar-refractivity contribution in [3.05, 3.63) is 63.4 Å². The zero-order valence-corrected chi connectivity index (χ0v) is 12.4. The fourth-order valence-electron chi connectivity index (χ4n) is 1.73. The van der Waals surface area contributed by atoms with Crippen LogP contribution in [0, 0.1) is 12.7 Å². The molecule has 0 heterocycles. The average molecular weight is 338 g/mol. The van der Waals surface area contributed by atoms with Crippen LogP contribution < -0.4 is 5.73 Å². The van der Waals surface area contributed by atoms with Gasteiger partial charge in [0.1, 0.15) is 12.4 Å². The number of halogens is 2. The van der Waals surface area contributed by atoms with Gasteiger partial charge in [0, 0.05) is 5.69 Å². The van der Waals surface area contributed by atoms with Crippen molar-refractivity contribution >= 4 is 27.6 Å². The average Bonchev–Trinajstić information content (AvgIpc) is 2.43. The lowest BCUT2D eigenvalue weighted by Crippen LogP contribution is -2.08. The molecule has 0 saturated carbocycles. The zero-order chi connectivity index (χ0) is 14.7. The first kappa shape index (κ1) is 14.5. The van der Waals surface area contributed by atoms with Crippen LogP contribution in [0.2, 0.25) is 0 Å². The maximum atomic E-state index is 13.1. The van der Waals surface area contributed by atoms with Gasteiger partial charge in [-0.25, -0.2) is 9.18 Å². The number of carbonyl (C=O) groups is 1. The number of esters is 1. The molecule has 5 heteroatoms. The van der Waals surface area contributed by atoms with Crippen molar-refractivity contribution in [1.29, 1.82) is 0 Å². The maximum Gasteiger partial charge on any atom is 0.338 e. The first-order valence-electron chi connectivity index (χ1n) is 5.95. The second-order valence-electron chi connectivity index (χ2n) is 4.34. The third-order valence-corrected chi connectivity index (χ3v) is 3.56. The summed E-state index contributed by atoms with van der Waals surface area (Å²) in [6.07, 6.45) is 0. The number of nitrogens with two attached hydrogens (primary N) is 1. The summed E-state index contributed by atoms with van der Waals surface area (Å²) in [4.78, 5) is 12.0. The topological polar surface area (TPSA) is 52.3 Å². The summed E-state index contributed by atoms with van der Waals surface area (Å²) in [6, 6.07) is 9.55. The van der Waals surface area contributed by atoms with Gasteiger partial charge in [-0.3, -0.25) is 0 Å². The SMILES string of the molecule is Cc1c(N)cccc1C(=O)OCc1ccc(F)c(Br)c1. The van der Waals surface area contributed by atoms with E-state index in [9.17, 15) is 9.18 Å². The minimum atomic E-state index is -0.449. The van der Waals surface area contributed by atoms with Crippen LogP contribution >= 0.6 is 15.9 Å². The van der Waals surface area contributed by atoms with E-state index in [-0.39, 0.29) is 12.4 Å². The monoisotopic (exact) mass is 337 g/mol. The van der Waals surface area contributed by atoms with E-state index in [2.05, 4.69) is 15.9 Å². The van der Waals surface area contributed by atoms with Crippen LogP contribution in [0.15, 0.2) is 40.9 Å². The minimum Gasteiger partial charge on any atom is -0.457 e. The summed E-state index contributed by atoms with van der Waals surface area (Å²) in [5, 5.41) is 0. The van der Waals surface area contributed by atoms with Crippen molar-refractivity contribution < 1.29 is 13.9 Å². The standard InChI is InChI=1S/C15H13BrFNO2/c1-9-11(3-2-4-14(9)18)15(19)20-8-10-5-6-13(17)12(16)7-10/h2-7H,8,18H2,1H3. The van der Waals surface area contributed by atoms with E-state index in [0.29, 0.717) is 26.9 Å². The third-order valence-electron chi connectivity index (χ3n) is 2.95. The van der Waals surface area contributed by atoms with Gasteiger partial charge in [0.2, 0.25) is 0 Å². The van der Waals surface area contributed by atoms with Gasteiger partial charge in [0.25, 0.3) is 0 Å². The van der Waals surface area contributed by atoms with Gasteiger partial charge in [0.15, 0.2) is 0 Å². The Labute approximate surface area is 124 Å². The molecule has 0 aliphatic rings. The van der Waals surface area contributed by atoms with Crippen LogP contribution in [-0.4, -0.2) is 5.97 Å². The summed E-state index contributed by atoms with van der Waals surface area (Å²) in [5.41, 5.74) is 8.12. The second-order valence-corrected chi connectivity index (χ2v) is 5.20. The van der Waals surface area contributed by atoms with E-state index in [1.165, 1.54) is 6.07 Å². The van der Waals surface area contributed by atoms with Crippen molar-refractivity contribution in [1.82, 2.24) is 0 Å².